The lowest BCUT2D eigenvalue weighted by Gasteiger charge is -2.38. The predicted octanol–water partition coefficient (Wildman–Crippen LogP) is 5.11. The van der Waals surface area contributed by atoms with Gasteiger partial charge in [-0.2, -0.15) is 0 Å². The minimum Gasteiger partial charge on any atom is -0.484 e. The van der Waals surface area contributed by atoms with Gasteiger partial charge in [0.1, 0.15) is 5.75 Å². The average Bonchev–Trinajstić information content (AvgIpc) is 3.30. The van der Waals surface area contributed by atoms with Gasteiger partial charge >= 0.3 is 0 Å². The molecule has 0 bridgehead atoms. The maximum atomic E-state index is 13.5. The second-order valence-electron chi connectivity index (χ2n) is 8.05. The number of thiophene rings is 1. The third-order valence-corrected chi connectivity index (χ3v) is 7.25. The van der Waals surface area contributed by atoms with Gasteiger partial charge in [0.2, 0.25) is 5.91 Å². The molecule has 0 radical (unpaired) electrons. The van der Waals surface area contributed by atoms with Gasteiger partial charge in [-0.05, 0) is 72.7 Å². The molecule has 2 aromatic carbocycles. The number of ether oxygens (including phenoxy) is 1. The molecule has 2 amide bonds. The highest BCUT2D eigenvalue weighted by atomic mass is 35.5. The summed E-state index contributed by atoms with van der Waals surface area (Å²) in [6.45, 7) is 4.92. The summed E-state index contributed by atoms with van der Waals surface area (Å²) < 4.78 is 5.60. The number of likely N-dealkylation sites (N-methyl/N-ethyl adjacent to an activating group) is 1. The highest BCUT2D eigenvalue weighted by Gasteiger charge is 2.34. The van der Waals surface area contributed by atoms with E-state index in [0.717, 1.165) is 17.5 Å². The Labute approximate surface area is 203 Å². The Hall–Kier alpha value is -2.83. The van der Waals surface area contributed by atoms with Crippen LogP contribution in [-0.2, 0) is 16.0 Å². The van der Waals surface area contributed by atoms with Gasteiger partial charge in [0.25, 0.3) is 5.91 Å². The first-order valence-corrected chi connectivity index (χ1v) is 12.3. The highest BCUT2D eigenvalue weighted by molar-refractivity contribution is 7.10. The summed E-state index contributed by atoms with van der Waals surface area (Å²) in [5.41, 5.74) is 3.47. The molecule has 1 aromatic heterocycles. The van der Waals surface area contributed by atoms with Crippen molar-refractivity contribution >= 4 is 34.8 Å². The summed E-state index contributed by atoms with van der Waals surface area (Å²) in [7, 11) is 0. The molecule has 0 spiro atoms. The number of halogens is 1. The minimum atomic E-state index is -0.221. The Morgan fingerprint density at radius 2 is 1.88 bits per heavy atom. The molecule has 7 heteroatoms. The number of nitrogens with zero attached hydrogens (tertiary/aromatic N) is 2. The Morgan fingerprint density at radius 3 is 2.61 bits per heavy atom. The first-order chi connectivity index (χ1) is 16.0. The number of hydrogen-bond donors (Lipinski definition) is 0. The predicted molar refractivity (Wildman–Crippen MR) is 132 cm³/mol. The number of hydrogen-bond acceptors (Lipinski definition) is 4. The van der Waals surface area contributed by atoms with E-state index in [0.29, 0.717) is 23.9 Å². The summed E-state index contributed by atoms with van der Waals surface area (Å²) >= 11 is 7.64. The van der Waals surface area contributed by atoms with Crippen molar-refractivity contribution in [2.75, 3.05) is 26.2 Å². The van der Waals surface area contributed by atoms with Crippen LogP contribution in [0.15, 0.2) is 60.0 Å². The van der Waals surface area contributed by atoms with Crippen molar-refractivity contribution in [3.63, 3.8) is 0 Å². The summed E-state index contributed by atoms with van der Waals surface area (Å²) in [5, 5.41) is 2.70. The van der Waals surface area contributed by atoms with Gasteiger partial charge in [0, 0.05) is 23.0 Å². The van der Waals surface area contributed by atoms with E-state index >= 15 is 0 Å². The van der Waals surface area contributed by atoms with E-state index in [1.807, 2.05) is 24.0 Å². The largest absolute Gasteiger partial charge is 0.484 e. The minimum absolute atomic E-state index is 0.0289. The van der Waals surface area contributed by atoms with Crippen molar-refractivity contribution in [3.8, 4) is 5.75 Å². The summed E-state index contributed by atoms with van der Waals surface area (Å²) in [5.74, 6) is 0.291. The molecule has 1 aliphatic heterocycles. The molecule has 1 atom stereocenters. The fourth-order valence-electron chi connectivity index (χ4n) is 4.21. The quantitative estimate of drug-likeness (QED) is 0.470. The van der Waals surface area contributed by atoms with Crippen LogP contribution in [0, 0.1) is 6.92 Å². The van der Waals surface area contributed by atoms with Crippen LogP contribution >= 0.6 is 22.9 Å². The van der Waals surface area contributed by atoms with Crippen LogP contribution in [0.1, 0.15) is 34.5 Å². The van der Waals surface area contributed by atoms with Crippen molar-refractivity contribution in [1.82, 2.24) is 9.80 Å². The van der Waals surface area contributed by atoms with E-state index in [1.54, 1.807) is 40.5 Å². The molecular formula is C26H27ClN2O3S. The number of benzene rings is 2. The number of carbonyl (C=O) groups excluding carboxylic acids is 2. The fourth-order valence-corrected chi connectivity index (χ4v) is 5.24. The average molecular weight is 483 g/mol. The van der Waals surface area contributed by atoms with Crippen LogP contribution in [0.3, 0.4) is 0 Å². The third-order valence-electron chi connectivity index (χ3n) is 6.01. The number of rotatable bonds is 7. The smallest absolute Gasteiger partial charge is 0.260 e. The molecule has 2 heterocycles. The van der Waals surface area contributed by atoms with Gasteiger partial charge in [0.05, 0.1) is 12.6 Å². The topological polar surface area (TPSA) is 49.9 Å². The van der Waals surface area contributed by atoms with Gasteiger partial charge in [-0.25, -0.2) is 0 Å². The second kappa shape index (κ2) is 10.4. The molecule has 0 saturated heterocycles. The van der Waals surface area contributed by atoms with Crippen LogP contribution in [0.5, 0.6) is 5.75 Å². The second-order valence-corrected chi connectivity index (χ2v) is 9.48. The normalized spacial score (nSPS) is 15.1. The van der Waals surface area contributed by atoms with Crippen LogP contribution in [-0.4, -0.2) is 47.9 Å². The molecule has 4 rings (SSSR count). The molecule has 33 heavy (non-hydrogen) atoms. The maximum absolute atomic E-state index is 13.5. The zero-order valence-electron chi connectivity index (χ0n) is 18.8. The zero-order valence-corrected chi connectivity index (χ0v) is 20.4. The van der Waals surface area contributed by atoms with Crippen LogP contribution in [0.25, 0.3) is 0 Å². The number of aryl methyl sites for hydroxylation is 1. The molecule has 172 valence electrons. The van der Waals surface area contributed by atoms with Gasteiger partial charge in [-0.15, -0.1) is 11.3 Å². The standard InChI is InChI=1S/C26H27ClN2O3S/c1-3-28(25(31)17-32-20-10-8-19(27)9-11-20)16-24(30)29-14-12-23-22(13-15-33-23)26(29)21-7-5-4-6-18(21)2/h4-11,13,15,26H,3,12,14,16-17H2,1-2H3. The first kappa shape index (κ1) is 23.3. The maximum Gasteiger partial charge on any atom is 0.260 e. The summed E-state index contributed by atoms with van der Waals surface area (Å²) in [6.07, 6.45) is 0.834. The van der Waals surface area contributed by atoms with E-state index in [1.165, 1.54) is 10.4 Å². The van der Waals surface area contributed by atoms with E-state index < -0.39 is 0 Å². The Kier molecular flexibility index (Phi) is 7.36. The van der Waals surface area contributed by atoms with Crippen molar-refractivity contribution in [2.24, 2.45) is 0 Å². The lowest BCUT2D eigenvalue weighted by molar-refractivity contribution is -0.142. The molecule has 1 unspecified atom stereocenters. The third kappa shape index (κ3) is 5.23. The molecule has 5 nitrogen and oxygen atoms in total. The Balaban J connectivity index is 1.49. The molecule has 3 aromatic rings. The molecule has 0 fully saturated rings. The van der Waals surface area contributed by atoms with Crippen molar-refractivity contribution in [1.29, 1.82) is 0 Å². The molecule has 1 aliphatic rings. The van der Waals surface area contributed by atoms with E-state index in [-0.39, 0.29) is 31.0 Å². The van der Waals surface area contributed by atoms with Gasteiger partial charge < -0.3 is 14.5 Å². The highest BCUT2D eigenvalue weighted by Crippen LogP contribution is 2.39. The summed E-state index contributed by atoms with van der Waals surface area (Å²) in [6, 6.07) is 17.1. The molecule has 0 N–H and O–H groups in total. The SMILES string of the molecule is CCN(CC(=O)N1CCc2sccc2C1c1ccccc1C)C(=O)COc1ccc(Cl)cc1. The fraction of sp³-hybridized carbons (Fsp3) is 0.308. The Bertz CT molecular complexity index is 1130. The van der Waals surface area contributed by atoms with E-state index in [2.05, 4.69) is 30.5 Å². The first-order valence-electron chi connectivity index (χ1n) is 11.0. The molecule has 0 saturated carbocycles. The van der Waals surface area contributed by atoms with Crippen LogP contribution < -0.4 is 4.74 Å². The van der Waals surface area contributed by atoms with Gasteiger partial charge in [-0.1, -0.05) is 35.9 Å². The van der Waals surface area contributed by atoms with E-state index in [9.17, 15) is 9.59 Å². The molecular weight excluding hydrogens is 456 g/mol. The van der Waals surface area contributed by atoms with Gasteiger partial charge in [-0.3, -0.25) is 9.59 Å². The molecule has 0 aliphatic carbocycles. The summed E-state index contributed by atoms with van der Waals surface area (Å²) in [4.78, 5) is 31.1. The van der Waals surface area contributed by atoms with Crippen molar-refractivity contribution in [2.45, 2.75) is 26.3 Å². The van der Waals surface area contributed by atoms with Crippen LogP contribution in [0.2, 0.25) is 5.02 Å². The number of fused-ring (bicyclic) bond motifs is 1. The van der Waals surface area contributed by atoms with Crippen LogP contribution in [0.4, 0.5) is 0 Å². The van der Waals surface area contributed by atoms with E-state index in [4.69, 9.17) is 16.3 Å². The van der Waals surface area contributed by atoms with Crippen molar-refractivity contribution < 1.29 is 14.3 Å². The zero-order chi connectivity index (χ0) is 23.4. The number of amides is 2. The Morgan fingerprint density at radius 1 is 1.12 bits per heavy atom. The lowest BCUT2D eigenvalue weighted by Crippen LogP contribution is -2.47. The van der Waals surface area contributed by atoms with Gasteiger partial charge in [0.15, 0.2) is 6.61 Å². The number of carbonyl (C=O) groups is 2. The van der Waals surface area contributed by atoms with Crippen molar-refractivity contribution in [3.05, 3.63) is 86.6 Å². The lowest BCUT2D eigenvalue weighted by atomic mass is 9.90. The monoisotopic (exact) mass is 482 g/mol.